The van der Waals surface area contributed by atoms with Crippen LogP contribution in [0.3, 0.4) is 0 Å². The second kappa shape index (κ2) is 7.43. The third-order valence-electron chi connectivity index (χ3n) is 3.58. The largest absolute Gasteiger partial charge is 0.326 e. The average molecular weight is 312 g/mol. The van der Waals surface area contributed by atoms with E-state index in [4.69, 9.17) is 0 Å². The minimum Gasteiger partial charge on any atom is -0.326 e. The van der Waals surface area contributed by atoms with Gasteiger partial charge in [-0.1, -0.05) is 0 Å². The zero-order valence-electron chi connectivity index (χ0n) is 12.4. The Morgan fingerprint density at radius 2 is 1.67 bits per heavy atom. The quantitative estimate of drug-likeness (QED) is 0.803. The number of halogens is 1. The van der Waals surface area contributed by atoms with Crippen LogP contribution in [0.4, 0.5) is 11.4 Å². The molecule has 1 saturated heterocycles. The molecular weight excluding hydrogens is 290 g/mol. The van der Waals surface area contributed by atoms with Crippen molar-refractivity contribution in [3.05, 3.63) is 24.3 Å². The molecule has 21 heavy (non-hydrogen) atoms. The third-order valence-corrected chi connectivity index (χ3v) is 3.58. The monoisotopic (exact) mass is 311 g/mol. The molecule has 3 N–H and O–H groups in total. The molecule has 2 rings (SSSR count). The maximum Gasteiger partial charge on any atom is 0.244 e. The van der Waals surface area contributed by atoms with E-state index in [0.29, 0.717) is 0 Å². The summed E-state index contributed by atoms with van der Waals surface area (Å²) < 4.78 is 0. The zero-order valence-corrected chi connectivity index (χ0v) is 13.2. The highest BCUT2D eigenvalue weighted by Crippen LogP contribution is 2.21. The first-order chi connectivity index (χ1) is 9.49. The van der Waals surface area contributed by atoms with E-state index >= 15 is 0 Å². The van der Waals surface area contributed by atoms with E-state index < -0.39 is 5.54 Å². The minimum absolute atomic E-state index is 0. The predicted molar refractivity (Wildman–Crippen MR) is 86.9 cm³/mol. The molecule has 0 saturated carbocycles. The molecule has 1 aromatic rings. The molecular formula is C15H22ClN3O2. The molecule has 6 heteroatoms. The Hall–Kier alpha value is -1.59. The van der Waals surface area contributed by atoms with E-state index in [9.17, 15) is 9.59 Å². The predicted octanol–water partition coefficient (Wildman–Crippen LogP) is 2.54. The van der Waals surface area contributed by atoms with Crippen LogP contribution in [0.15, 0.2) is 24.3 Å². The molecule has 1 fully saturated rings. The van der Waals surface area contributed by atoms with Crippen molar-refractivity contribution in [1.82, 2.24) is 5.32 Å². The van der Waals surface area contributed by atoms with Crippen molar-refractivity contribution < 1.29 is 9.59 Å². The Morgan fingerprint density at radius 3 is 2.14 bits per heavy atom. The number of hydrogen-bond donors (Lipinski definition) is 3. The number of carbonyl (C=O) groups excluding carboxylic acids is 2. The van der Waals surface area contributed by atoms with E-state index in [2.05, 4.69) is 16.0 Å². The lowest BCUT2D eigenvalue weighted by Gasteiger charge is -2.33. The standard InChI is InChI=1S/C15H21N3O2.ClH/c1-11(19)17-12-5-7-13(8-6-12)18-14(20)15(2)9-3-4-10-16-15;/h5-8,16H,3-4,9-10H2,1-2H3,(H,17,19)(H,18,20);1H. The fraction of sp³-hybridized carbons (Fsp3) is 0.467. The van der Waals surface area contributed by atoms with Gasteiger partial charge < -0.3 is 16.0 Å². The minimum atomic E-state index is -0.492. The van der Waals surface area contributed by atoms with Crippen LogP contribution in [0.2, 0.25) is 0 Å². The Balaban J connectivity index is 0.00000220. The maximum atomic E-state index is 12.3. The molecule has 5 nitrogen and oxygen atoms in total. The molecule has 1 aliphatic heterocycles. The lowest BCUT2D eigenvalue weighted by molar-refractivity contribution is -0.122. The Labute approximate surface area is 131 Å². The van der Waals surface area contributed by atoms with Gasteiger partial charge in [-0.3, -0.25) is 9.59 Å². The highest BCUT2D eigenvalue weighted by atomic mass is 35.5. The third kappa shape index (κ3) is 4.72. The number of piperidine rings is 1. The number of rotatable bonds is 3. The molecule has 0 aromatic heterocycles. The highest BCUT2D eigenvalue weighted by molar-refractivity contribution is 5.98. The summed E-state index contributed by atoms with van der Waals surface area (Å²) in [5.41, 5.74) is 0.962. The Kier molecular flexibility index (Phi) is 6.18. The smallest absolute Gasteiger partial charge is 0.244 e. The molecule has 0 bridgehead atoms. The van der Waals surface area contributed by atoms with Gasteiger partial charge in [0.05, 0.1) is 5.54 Å². The lowest BCUT2D eigenvalue weighted by atomic mass is 9.90. The van der Waals surface area contributed by atoms with Crippen LogP contribution in [-0.4, -0.2) is 23.9 Å². The lowest BCUT2D eigenvalue weighted by Crippen LogP contribution is -2.54. The summed E-state index contributed by atoms with van der Waals surface area (Å²) in [5.74, 6) is -0.120. The van der Waals surface area contributed by atoms with Gasteiger partial charge in [0.1, 0.15) is 0 Å². The summed E-state index contributed by atoms with van der Waals surface area (Å²) in [7, 11) is 0. The maximum absolute atomic E-state index is 12.3. The molecule has 1 aliphatic rings. The summed E-state index contributed by atoms with van der Waals surface area (Å²) >= 11 is 0. The first-order valence-electron chi connectivity index (χ1n) is 6.94. The van der Waals surface area contributed by atoms with Crippen molar-refractivity contribution in [2.24, 2.45) is 0 Å². The van der Waals surface area contributed by atoms with Crippen LogP contribution in [0.1, 0.15) is 33.1 Å². The first-order valence-corrected chi connectivity index (χ1v) is 6.94. The second-order valence-corrected chi connectivity index (χ2v) is 5.43. The molecule has 1 atom stereocenters. The first kappa shape index (κ1) is 17.5. The number of nitrogens with one attached hydrogen (secondary N) is 3. The van der Waals surface area contributed by atoms with Crippen molar-refractivity contribution in [3.63, 3.8) is 0 Å². The molecule has 0 spiro atoms. The summed E-state index contributed by atoms with van der Waals surface area (Å²) in [5, 5.41) is 8.89. The summed E-state index contributed by atoms with van der Waals surface area (Å²) in [6, 6.07) is 7.12. The topological polar surface area (TPSA) is 70.2 Å². The van der Waals surface area contributed by atoms with Crippen molar-refractivity contribution in [3.8, 4) is 0 Å². The number of anilines is 2. The van der Waals surface area contributed by atoms with Gasteiger partial charge in [0.15, 0.2) is 0 Å². The second-order valence-electron chi connectivity index (χ2n) is 5.43. The Morgan fingerprint density at radius 1 is 1.10 bits per heavy atom. The van der Waals surface area contributed by atoms with Crippen LogP contribution in [0, 0.1) is 0 Å². The summed E-state index contributed by atoms with van der Waals surface area (Å²) in [6.07, 6.45) is 3.04. The molecule has 1 heterocycles. The van der Waals surface area contributed by atoms with Gasteiger partial charge >= 0.3 is 0 Å². The van der Waals surface area contributed by atoms with Crippen LogP contribution in [0.5, 0.6) is 0 Å². The number of hydrogen-bond acceptors (Lipinski definition) is 3. The van der Waals surface area contributed by atoms with Gasteiger partial charge in [-0.25, -0.2) is 0 Å². The molecule has 0 aliphatic carbocycles. The zero-order chi connectivity index (χ0) is 14.6. The fourth-order valence-electron chi connectivity index (χ4n) is 2.36. The van der Waals surface area contributed by atoms with Gasteiger partial charge in [-0.05, 0) is 57.0 Å². The van der Waals surface area contributed by atoms with Crippen LogP contribution in [0.25, 0.3) is 0 Å². The number of benzene rings is 1. The van der Waals surface area contributed by atoms with Crippen LogP contribution in [-0.2, 0) is 9.59 Å². The van der Waals surface area contributed by atoms with Gasteiger partial charge in [-0.15, -0.1) is 12.4 Å². The van der Waals surface area contributed by atoms with E-state index in [1.165, 1.54) is 6.92 Å². The molecule has 0 radical (unpaired) electrons. The highest BCUT2D eigenvalue weighted by Gasteiger charge is 2.34. The summed E-state index contributed by atoms with van der Waals surface area (Å²) in [4.78, 5) is 23.2. The SMILES string of the molecule is CC(=O)Nc1ccc(NC(=O)C2(C)CCCCN2)cc1.Cl. The molecule has 116 valence electrons. The van der Waals surface area contributed by atoms with Gasteiger partial charge in [0.25, 0.3) is 0 Å². The number of carbonyl (C=O) groups is 2. The van der Waals surface area contributed by atoms with E-state index in [-0.39, 0.29) is 24.2 Å². The van der Waals surface area contributed by atoms with Crippen LogP contribution < -0.4 is 16.0 Å². The van der Waals surface area contributed by atoms with Crippen molar-refractivity contribution in [2.75, 3.05) is 17.2 Å². The Bertz CT molecular complexity index is 496. The van der Waals surface area contributed by atoms with Crippen LogP contribution >= 0.6 is 12.4 Å². The van der Waals surface area contributed by atoms with Crippen molar-refractivity contribution >= 4 is 35.6 Å². The molecule has 1 unspecified atom stereocenters. The summed E-state index contributed by atoms with van der Waals surface area (Å²) in [6.45, 7) is 4.28. The molecule has 1 aromatic carbocycles. The molecule has 2 amide bonds. The van der Waals surface area contributed by atoms with E-state index in [1.54, 1.807) is 24.3 Å². The van der Waals surface area contributed by atoms with Crippen molar-refractivity contribution in [1.29, 1.82) is 0 Å². The van der Waals surface area contributed by atoms with Gasteiger partial charge in [-0.2, -0.15) is 0 Å². The normalized spacial score (nSPS) is 21.0. The van der Waals surface area contributed by atoms with Gasteiger partial charge in [0, 0.05) is 18.3 Å². The van der Waals surface area contributed by atoms with Gasteiger partial charge in [0.2, 0.25) is 11.8 Å². The fourth-order valence-corrected chi connectivity index (χ4v) is 2.36. The van der Waals surface area contributed by atoms with E-state index in [1.807, 2.05) is 6.92 Å². The number of amides is 2. The average Bonchev–Trinajstić information content (AvgIpc) is 2.41. The van der Waals surface area contributed by atoms with Crippen molar-refractivity contribution in [2.45, 2.75) is 38.6 Å². The van der Waals surface area contributed by atoms with E-state index in [0.717, 1.165) is 37.2 Å².